The first kappa shape index (κ1) is 23.8. The summed E-state index contributed by atoms with van der Waals surface area (Å²) < 4.78 is 7.88. The van der Waals surface area contributed by atoms with Crippen molar-refractivity contribution in [2.75, 3.05) is 13.2 Å². The first-order valence-corrected chi connectivity index (χ1v) is 13.0. The van der Waals surface area contributed by atoms with E-state index in [0.717, 1.165) is 35.9 Å². The summed E-state index contributed by atoms with van der Waals surface area (Å²) in [4.78, 5) is 20.2. The van der Waals surface area contributed by atoms with Crippen molar-refractivity contribution in [2.45, 2.75) is 64.8 Å². The topological polar surface area (TPSA) is 88.9 Å². The van der Waals surface area contributed by atoms with E-state index in [1.165, 1.54) is 4.88 Å². The fraction of sp³-hybridized carbons (Fsp3) is 0.462. The molecule has 1 N–H and O–H groups in total. The molecule has 4 heterocycles. The fourth-order valence-electron chi connectivity index (χ4n) is 4.79. The molecule has 8 nitrogen and oxygen atoms in total. The van der Waals surface area contributed by atoms with Crippen molar-refractivity contribution in [2.24, 2.45) is 0 Å². The Balaban J connectivity index is 1.69. The molecule has 2 atom stereocenters. The van der Waals surface area contributed by atoms with Crippen LogP contribution in [0.25, 0.3) is 10.9 Å². The van der Waals surface area contributed by atoms with Crippen LogP contribution in [0.5, 0.6) is 0 Å². The highest BCUT2D eigenvalue weighted by atomic mass is 32.1. The molecule has 0 saturated carbocycles. The van der Waals surface area contributed by atoms with E-state index in [0.29, 0.717) is 24.5 Å². The summed E-state index contributed by atoms with van der Waals surface area (Å²) in [6, 6.07) is 11.9. The van der Waals surface area contributed by atoms with E-state index in [4.69, 9.17) is 4.74 Å². The van der Waals surface area contributed by atoms with Gasteiger partial charge in [0.05, 0.1) is 11.6 Å². The van der Waals surface area contributed by atoms with Gasteiger partial charge < -0.3 is 9.72 Å². The molecule has 0 bridgehead atoms. The van der Waals surface area contributed by atoms with E-state index in [9.17, 15) is 4.79 Å². The molecule has 1 fully saturated rings. The van der Waals surface area contributed by atoms with Gasteiger partial charge in [-0.25, -0.2) is 4.68 Å². The summed E-state index contributed by atoms with van der Waals surface area (Å²) >= 11 is 1.71. The summed E-state index contributed by atoms with van der Waals surface area (Å²) in [7, 11) is 0. The van der Waals surface area contributed by atoms with Crippen LogP contribution in [-0.2, 0) is 16.8 Å². The van der Waals surface area contributed by atoms with Crippen molar-refractivity contribution in [3.63, 3.8) is 0 Å². The van der Waals surface area contributed by atoms with Gasteiger partial charge in [-0.1, -0.05) is 18.2 Å². The summed E-state index contributed by atoms with van der Waals surface area (Å²) in [5.41, 5.74) is 2.09. The standard InChI is InChI=1S/C26H32N6O2S/c1-17-9-10-18-14-21(25(33)27-22(18)13-17)23(24-28-29-30-32(24)26(2,3)4)31(15-19-7-5-11-34-19)16-20-8-6-12-35-20/h6,8-10,12-14,19,23H,5,7,11,15-16H2,1-4H3,(H,27,33). The van der Waals surface area contributed by atoms with E-state index < -0.39 is 6.04 Å². The van der Waals surface area contributed by atoms with Crippen LogP contribution in [0.2, 0.25) is 0 Å². The second kappa shape index (κ2) is 9.64. The van der Waals surface area contributed by atoms with Crippen molar-refractivity contribution in [3.05, 3.63) is 74.0 Å². The average Bonchev–Trinajstić information content (AvgIpc) is 3.57. The van der Waals surface area contributed by atoms with Gasteiger partial charge in [0.1, 0.15) is 6.04 Å². The number of aromatic amines is 1. The number of tetrazole rings is 1. The molecule has 1 aromatic carbocycles. The maximum atomic E-state index is 13.6. The first-order valence-electron chi connectivity index (χ1n) is 12.1. The third-order valence-electron chi connectivity index (χ3n) is 6.46. The van der Waals surface area contributed by atoms with Crippen LogP contribution in [0.4, 0.5) is 0 Å². The summed E-state index contributed by atoms with van der Waals surface area (Å²) in [5, 5.41) is 15.9. The number of pyridine rings is 1. The molecule has 0 aliphatic carbocycles. The third kappa shape index (κ3) is 5.07. The van der Waals surface area contributed by atoms with Crippen LogP contribution in [0.15, 0.2) is 46.6 Å². The van der Waals surface area contributed by atoms with Gasteiger partial charge in [-0.05, 0) is 85.5 Å². The molecule has 4 aromatic rings. The Labute approximate surface area is 208 Å². The molecule has 5 rings (SSSR count). The molecular weight excluding hydrogens is 460 g/mol. The van der Waals surface area contributed by atoms with Crippen molar-refractivity contribution in [1.82, 2.24) is 30.1 Å². The zero-order valence-electron chi connectivity index (χ0n) is 20.7. The molecule has 1 saturated heterocycles. The zero-order valence-corrected chi connectivity index (χ0v) is 21.5. The number of fused-ring (bicyclic) bond motifs is 1. The largest absolute Gasteiger partial charge is 0.377 e. The van der Waals surface area contributed by atoms with Gasteiger partial charge in [0.25, 0.3) is 5.56 Å². The summed E-state index contributed by atoms with van der Waals surface area (Å²) in [5.74, 6) is 0.656. The number of aryl methyl sites for hydroxylation is 1. The number of thiophene rings is 1. The SMILES string of the molecule is Cc1ccc2cc(C(c3nnnn3C(C)(C)C)N(Cc3cccs3)CC3CCCO3)c(=O)[nH]c2c1. The van der Waals surface area contributed by atoms with Gasteiger partial charge in [0.15, 0.2) is 5.82 Å². The van der Waals surface area contributed by atoms with Crippen molar-refractivity contribution in [3.8, 4) is 0 Å². The number of nitrogens with one attached hydrogen (secondary N) is 1. The molecular formula is C26H32N6O2S. The van der Waals surface area contributed by atoms with E-state index >= 15 is 0 Å². The van der Waals surface area contributed by atoms with Gasteiger partial charge >= 0.3 is 0 Å². The molecule has 0 spiro atoms. The lowest BCUT2D eigenvalue weighted by molar-refractivity contribution is 0.0569. The quantitative estimate of drug-likeness (QED) is 0.411. The Hall–Kier alpha value is -2.88. The summed E-state index contributed by atoms with van der Waals surface area (Å²) in [6.07, 6.45) is 2.17. The molecule has 0 radical (unpaired) electrons. The maximum absolute atomic E-state index is 13.6. The number of hydrogen-bond acceptors (Lipinski definition) is 7. The molecule has 3 aromatic heterocycles. The van der Waals surface area contributed by atoms with Crippen LogP contribution in [0.3, 0.4) is 0 Å². The predicted molar refractivity (Wildman–Crippen MR) is 138 cm³/mol. The normalized spacial score (nSPS) is 17.5. The monoisotopic (exact) mass is 492 g/mol. The van der Waals surface area contributed by atoms with Crippen LogP contribution >= 0.6 is 11.3 Å². The lowest BCUT2D eigenvalue weighted by Gasteiger charge is -2.34. The highest BCUT2D eigenvalue weighted by molar-refractivity contribution is 7.09. The number of ether oxygens (including phenoxy) is 1. The van der Waals surface area contributed by atoms with E-state index in [2.05, 4.69) is 75.8 Å². The van der Waals surface area contributed by atoms with Gasteiger partial charge in [0.2, 0.25) is 0 Å². The Morgan fingerprint density at radius 2 is 2.14 bits per heavy atom. The molecule has 35 heavy (non-hydrogen) atoms. The molecule has 2 unspecified atom stereocenters. The number of aromatic nitrogens is 5. The first-order chi connectivity index (χ1) is 16.8. The lowest BCUT2D eigenvalue weighted by Crippen LogP contribution is -2.40. The van der Waals surface area contributed by atoms with Crippen molar-refractivity contribution < 1.29 is 4.74 Å². The second-order valence-electron chi connectivity index (χ2n) is 10.3. The smallest absolute Gasteiger partial charge is 0.253 e. The number of benzene rings is 1. The third-order valence-corrected chi connectivity index (χ3v) is 7.33. The minimum absolute atomic E-state index is 0.110. The van der Waals surface area contributed by atoms with Crippen molar-refractivity contribution in [1.29, 1.82) is 0 Å². The second-order valence-corrected chi connectivity index (χ2v) is 11.3. The Morgan fingerprint density at radius 3 is 2.86 bits per heavy atom. The molecule has 184 valence electrons. The van der Waals surface area contributed by atoms with Gasteiger partial charge in [-0.2, -0.15) is 0 Å². The fourth-order valence-corrected chi connectivity index (χ4v) is 5.52. The molecule has 0 amide bonds. The number of H-pyrrole nitrogens is 1. The van der Waals surface area contributed by atoms with Crippen LogP contribution in [0, 0.1) is 6.92 Å². The van der Waals surface area contributed by atoms with E-state index in [1.54, 1.807) is 11.3 Å². The van der Waals surface area contributed by atoms with Gasteiger partial charge in [-0.15, -0.1) is 16.4 Å². The van der Waals surface area contributed by atoms with Gasteiger partial charge in [-0.3, -0.25) is 9.69 Å². The lowest BCUT2D eigenvalue weighted by atomic mass is 10.0. The average molecular weight is 493 g/mol. The zero-order chi connectivity index (χ0) is 24.6. The number of nitrogens with zero attached hydrogens (tertiary/aromatic N) is 5. The van der Waals surface area contributed by atoms with E-state index in [-0.39, 0.29) is 17.2 Å². The molecule has 1 aliphatic rings. The van der Waals surface area contributed by atoms with Gasteiger partial charge in [0, 0.05) is 35.7 Å². The predicted octanol–water partition coefficient (Wildman–Crippen LogP) is 4.41. The highest BCUT2D eigenvalue weighted by Crippen LogP contribution is 2.32. The highest BCUT2D eigenvalue weighted by Gasteiger charge is 2.35. The number of rotatable bonds is 7. The Morgan fingerprint density at radius 1 is 1.29 bits per heavy atom. The minimum Gasteiger partial charge on any atom is -0.377 e. The maximum Gasteiger partial charge on any atom is 0.253 e. The van der Waals surface area contributed by atoms with Crippen molar-refractivity contribution >= 4 is 22.2 Å². The summed E-state index contributed by atoms with van der Waals surface area (Å²) in [6.45, 7) is 10.4. The Bertz CT molecular complexity index is 1350. The van der Waals surface area contributed by atoms with E-state index in [1.807, 2.05) is 23.7 Å². The minimum atomic E-state index is -0.440. The number of hydrogen-bond donors (Lipinski definition) is 1. The molecule has 1 aliphatic heterocycles. The van der Waals surface area contributed by atoms with Crippen LogP contribution in [0.1, 0.15) is 61.5 Å². The van der Waals surface area contributed by atoms with Crippen LogP contribution in [-0.4, -0.2) is 49.3 Å². The Kier molecular flexibility index (Phi) is 6.57. The molecule has 9 heteroatoms. The van der Waals surface area contributed by atoms with Crippen LogP contribution < -0.4 is 5.56 Å².